The molecule has 0 amide bonds. The van der Waals surface area contributed by atoms with E-state index in [-0.39, 0.29) is 29.4 Å². The quantitative estimate of drug-likeness (QED) is 0.720. The summed E-state index contributed by atoms with van der Waals surface area (Å²) in [5, 5.41) is 26.8. The van der Waals surface area contributed by atoms with Crippen molar-refractivity contribution in [1.29, 1.82) is 0 Å². The highest BCUT2D eigenvalue weighted by Gasteiger charge is 2.09. The molecule has 5 heteroatoms. The number of aliphatic carboxylic acids is 1. The molecule has 3 N–H and O–H groups in total. The third-order valence-electron chi connectivity index (χ3n) is 1.72. The van der Waals surface area contributed by atoms with Gasteiger partial charge in [0.25, 0.3) is 0 Å². The SMILES string of the molecule is O=C(O)CCc1cc(O)cc(O)c1Cl. The molecule has 0 heterocycles. The lowest BCUT2D eigenvalue weighted by Crippen LogP contribution is -1.97. The van der Waals surface area contributed by atoms with Crippen molar-refractivity contribution >= 4 is 17.6 Å². The zero-order valence-electron chi connectivity index (χ0n) is 7.20. The fourth-order valence-electron chi connectivity index (χ4n) is 1.07. The molecule has 0 saturated carbocycles. The Hall–Kier alpha value is -1.42. The normalized spacial score (nSPS) is 10.1. The number of halogens is 1. The van der Waals surface area contributed by atoms with Crippen molar-refractivity contribution in [3.63, 3.8) is 0 Å². The smallest absolute Gasteiger partial charge is 0.303 e. The standard InChI is InChI=1S/C9H9ClO4/c10-9-5(1-2-8(13)14)3-6(11)4-7(9)12/h3-4,11-12H,1-2H2,(H,13,14). The molecule has 1 aromatic rings. The van der Waals surface area contributed by atoms with Crippen molar-refractivity contribution < 1.29 is 20.1 Å². The summed E-state index contributed by atoms with van der Waals surface area (Å²) in [6.07, 6.45) is 0.0821. The fourth-order valence-corrected chi connectivity index (χ4v) is 1.28. The van der Waals surface area contributed by atoms with Crippen LogP contribution in [0.15, 0.2) is 12.1 Å². The number of aryl methyl sites for hydroxylation is 1. The third kappa shape index (κ3) is 2.53. The zero-order chi connectivity index (χ0) is 10.7. The number of phenolic OH excluding ortho intramolecular Hbond substituents is 2. The van der Waals surface area contributed by atoms with Crippen molar-refractivity contribution in [2.45, 2.75) is 12.8 Å². The van der Waals surface area contributed by atoms with E-state index in [0.29, 0.717) is 5.56 Å². The summed E-state index contributed by atoms with van der Waals surface area (Å²) >= 11 is 5.69. The molecule has 0 radical (unpaired) electrons. The first-order valence-corrected chi connectivity index (χ1v) is 4.30. The number of benzene rings is 1. The maximum atomic E-state index is 10.3. The van der Waals surface area contributed by atoms with Crippen LogP contribution in [0.5, 0.6) is 11.5 Å². The van der Waals surface area contributed by atoms with Gasteiger partial charge in [-0.2, -0.15) is 0 Å². The number of phenols is 2. The van der Waals surface area contributed by atoms with Gasteiger partial charge in [-0.15, -0.1) is 0 Å². The van der Waals surface area contributed by atoms with Crippen molar-refractivity contribution in [2.75, 3.05) is 0 Å². The summed E-state index contributed by atoms with van der Waals surface area (Å²) in [6.45, 7) is 0. The number of hydrogen-bond acceptors (Lipinski definition) is 3. The number of aromatic hydroxyl groups is 2. The third-order valence-corrected chi connectivity index (χ3v) is 2.16. The zero-order valence-corrected chi connectivity index (χ0v) is 7.95. The van der Waals surface area contributed by atoms with Gasteiger partial charge in [0.15, 0.2) is 0 Å². The van der Waals surface area contributed by atoms with Gasteiger partial charge >= 0.3 is 5.97 Å². The van der Waals surface area contributed by atoms with E-state index in [9.17, 15) is 9.90 Å². The van der Waals surface area contributed by atoms with E-state index in [0.717, 1.165) is 6.07 Å². The first kappa shape index (κ1) is 10.7. The van der Waals surface area contributed by atoms with Crippen molar-refractivity contribution in [3.8, 4) is 11.5 Å². The maximum Gasteiger partial charge on any atom is 0.303 e. The fraction of sp³-hybridized carbons (Fsp3) is 0.222. The number of carbonyl (C=O) groups is 1. The molecule has 0 atom stereocenters. The van der Waals surface area contributed by atoms with E-state index in [1.807, 2.05) is 0 Å². The average molecular weight is 217 g/mol. The van der Waals surface area contributed by atoms with Gasteiger partial charge in [-0.25, -0.2) is 0 Å². The van der Waals surface area contributed by atoms with Crippen LogP contribution in [0.4, 0.5) is 0 Å². The number of hydrogen-bond donors (Lipinski definition) is 3. The summed E-state index contributed by atoms with van der Waals surface area (Å²) < 4.78 is 0. The topological polar surface area (TPSA) is 77.8 Å². The minimum atomic E-state index is -0.955. The number of rotatable bonds is 3. The molecule has 14 heavy (non-hydrogen) atoms. The van der Waals surface area contributed by atoms with Gasteiger partial charge in [0.05, 0.1) is 5.02 Å². The second-order valence-electron chi connectivity index (χ2n) is 2.83. The minimum Gasteiger partial charge on any atom is -0.508 e. The van der Waals surface area contributed by atoms with E-state index >= 15 is 0 Å². The molecule has 0 aliphatic carbocycles. The van der Waals surface area contributed by atoms with E-state index in [4.69, 9.17) is 21.8 Å². The predicted molar refractivity (Wildman–Crippen MR) is 50.7 cm³/mol. The Bertz CT molecular complexity index is 362. The molecule has 0 bridgehead atoms. The van der Waals surface area contributed by atoms with Crippen molar-refractivity contribution in [2.24, 2.45) is 0 Å². The van der Waals surface area contributed by atoms with Gasteiger partial charge in [0.1, 0.15) is 11.5 Å². The molecule has 0 aliphatic rings. The lowest BCUT2D eigenvalue weighted by atomic mass is 10.1. The molecule has 4 nitrogen and oxygen atoms in total. The van der Waals surface area contributed by atoms with E-state index in [1.54, 1.807) is 0 Å². The Kier molecular flexibility index (Phi) is 3.19. The van der Waals surface area contributed by atoms with Crippen LogP contribution in [0.25, 0.3) is 0 Å². The highest BCUT2D eigenvalue weighted by Crippen LogP contribution is 2.32. The second-order valence-corrected chi connectivity index (χ2v) is 3.21. The molecule has 0 aliphatic heterocycles. The molecule has 0 unspecified atom stereocenters. The van der Waals surface area contributed by atoms with E-state index in [1.165, 1.54) is 6.07 Å². The largest absolute Gasteiger partial charge is 0.508 e. The van der Waals surface area contributed by atoms with E-state index in [2.05, 4.69) is 0 Å². The highest BCUT2D eigenvalue weighted by molar-refractivity contribution is 6.32. The Balaban J connectivity index is 2.90. The minimum absolute atomic E-state index is 0.0871. The Morgan fingerprint density at radius 2 is 2.00 bits per heavy atom. The van der Waals surface area contributed by atoms with E-state index < -0.39 is 5.97 Å². The van der Waals surface area contributed by atoms with Crippen LogP contribution in [0, 0.1) is 0 Å². The van der Waals surface area contributed by atoms with Crippen LogP contribution in [0.2, 0.25) is 5.02 Å². The number of carboxylic acids is 1. The van der Waals surface area contributed by atoms with Crippen molar-refractivity contribution in [3.05, 3.63) is 22.7 Å². The summed E-state index contributed by atoms with van der Waals surface area (Å²) in [5.41, 5.74) is 0.423. The lowest BCUT2D eigenvalue weighted by molar-refractivity contribution is -0.136. The Morgan fingerprint density at radius 3 is 2.57 bits per heavy atom. The second kappa shape index (κ2) is 4.19. The molecule has 0 saturated heterocycles. The lowest BCUT2D eigenvalue weighted by Gasteiger charge is -2.05. The van der Waals surface area contributed by atoms with Gasteiger partial charge in [0, 0.05) is 12.5 Å². The van der Waals surface area contributed by atoms with Gasteiger partial charge in [-0.05, 0) is 18.1 Å². The van der Waals surface area contributed by atoms with Crippen LogP contribution >= 0.6 is 11.6 Å². The van der Waals surface area contributed by atoms with Crippen LogP contribution in [-0.4, -0.2) is 21.3 Å². The molecular weight excluding hydrogens is 208 g/mol. The molecular formula is C9H9ClO4. The Labute approximate surface area is 85.4 Å². The van der Waals surface area contributed by atoms with Crippen LogP contribution < -0.4 is 0 Å². The summed E-state index contributed by atoms with van der Waals surface area (Å²) in [7, 11) is 0. The van der Waals surface area contributed by atoms with Gasteiger partial charge in [0.2, 0.25) is 0 Å². The van der Waals surface area contributed by atoms with Gasteiger partial charge in [-0.1, -0.05) is 11.6 Å². The monoisotopic (exact) mass is 216 g/mol. The molecule has 76 valence electrons. The van der Waals surface area contributed by atoms with Gasteiger partial charge < -0.3 is 15.3 Å². The summed E-state index contributed by atoms with van der Waals surface area (Å²) in [4.78, 5) is 10.3. The predicted octanol–water partition coefficient (Wildman–Crippen LogP) is 1.77. The van der Waals surface area contributed by atoms with Crippen LogP contribution in [0.3, 0.4) is 0 Å². The van der Waals surface area contributed by atoms with Crippen molar-refractivity contribution in [1.82, 2.24) is 0 Å². The molecule has 1 rings (SSSR count). The molecule has 0 fully saturated rings. The first-order chi connectivity index (χ1) is 6.50. The molecule has 1 aromatic carbocycles. The van der Waals surface area contributed by atoms with Gasteiger partial charge in [-0.3, -0.25) is 4.79 Å². The summed E-state index contributed by atoms with van der Waals surface area (Å²) in [6, 6.07) is 2.44. The highest BCUT2D eigenvalue weighted by atomic mass is 35.5. The maximum absolute atomic E-state index is 10.3. The van der Waals surface area contributed by atoms with Crippen LogP contribution in [-0.2, 0) is 11.2 Å². The average Bonchev–Trinajstić information content (AvgIpc) is 2.08. The molecule has 0 aromatic heterocycles. The number of carboxylic acid groups (broad SMARTS) is 1. The first-order valence-electron chi connectivity index (χ1n) is 3.93. The Morgan fingerprint density at radius 1 is 1.36 bits per heavy atom. The van der Waals surface area contributed by atoms with Crippen LogP contribution in [0.1, 0.15) is 12.0 Å². The molecule has 0 spiro atoms. The summed E-state index contributed by atoms with van der Waals surface area (Å²) in [5.74, 6) is -1.33.